The van der Waals surface area contributed by atoms with E-state index in [0.29, 0.717) is 12.0 Å². The molecule has 0 aliphatic carbocycles. The molecule has 0 aromatic carbocycles. The molecule has 0 spiro atoms. The molecule has 0 aromatic heterocycles. The van der Waals surface area contributed by atoms with Gasteiger partial charge in [-0.2, -0.15) is 0 Å². The fraction of sp³-hybridized carbons (Fsp3) is 0.727. The number of carbonyl (C=O) groups is 1. The molecule has 0 N–H and O–H groups in total. The van der Waals surface area contributed by atoms with Crippen molar-refractivity contribution in [3.8, 4) is 0 Å². The lowest BCUT2D eigenvalue weighted by atomic mass is 10.1. The molecule has 0 saturated heterocycles. The zero-order chi connectivity index (χ0) is 10.8. The van der Waals surface area contributed by atoms with Crippen molar-refractivity contribution in [1.29, 1.82) is 0 Å². The second-order valence-electron chi connectivity index (χ2n) is 3.31. The summed E-state index contributed by atoms with van der Waals surface area (Å²) in [7, 11) is 0. The van der Waals surface area contributed by atoms with E-state index >= 15 is 0 Å². The maximum Gasteiger partial charge on any atom is 0.335 e. The summed E-state index contributed by atoms with van der Waals surface area (Å²) >= 11 is 0. The Morgan fingerprint density at radius 1 is 1.29 bits per heavy atom. The van der Waals surface area contributed by atoms with Crippen LogP contribution in [0.25, 0.3) is 0 Å². The standard InChI is InChI=1S/C11H19FO2/c1-3-4-5-6-7-8-10(2)11(13)14-9-12/h2-9H2,1H3. The van der Waals surface area contributed by atoms with Crippen LogP contribution in [0.3, 0.4) is 0 Å². The molecule has 0 saturated carbocycles. The first-order valence-corrected chi connectivity index (χ1v) is 5.13. The van der Waals surface area contributed by atoms with Crippen LogP contribution in [0.4, 0.5) is 4.39 Å². The van der Waals surface area contributed by atoms with E-state index in [1.165, 1.54) is 19.3 Å². The van der Waals surface area contributed by atoms with Crippen molar-refractivity contribution in [2.45, 2.75) is 45.4 Å². The summed E-state index contributed by atoms with van der Waals surface area (Å²) in [6.45, 7) is 4.64. The minimum Gasteiger partial charge on any atom is -0.430 e. The number of halogens is 1. The first-order valence-electron chi connectivity index (χ1n) is 5.13. The Morgan fingerprint density at radius 3 is 2.50 bits per heavy atom. The molecule has 3 heteroatoms. The number of hydrogen-bond donors (Lipinski definition) is 0. The smallest absolute Gasteiger partial charge is 0.335 e. The molecular weight excluding hydrogens is 183 g/mol. The van der Waals surface area contributed by atoms with E-state index in [1.54, 1.807) is 0 Å². The minimum absolute atomic E-state index is 0.374. The Kier molecular flexibility index (Phi) is 8.19. The van der Waals surface area contributed by atoms with Crippen LogP contribution < -0.4 is 0 Å². The number of ether oxygens (including phenoxy) is 1. The highest BCUT2D eigenvalue weighted by Gasteiger charge is 2.06. The predicted octanol–water partition coefficient (Wildman–Crippen LogP) is 3.37. The molecule has 0 aliphatic heterocycles. The predicted molar refractivity (Wildman–Crippen MR) is 54.6 cm³/mol. The van der Waals surface area contributed by atoms with Gasteiger partial charge in [-0.3, -0.25) is 0 Å². The summed E-state index contributed by atoms with van der Waals surface area (Å²) in [4.78, 5) is 10.9. The highest BCUT2D eigenvalue weighted by atomic mass is 19.1. The van der Waals surface area contributed by atoms with Crippen LogP contribution in [0, 0.1) is 0 Å². The molecule has 0 aromatic rings. The average molecular weight is 202 g/mol. The van der Waals surface area contributed by atoms with Gasteiger partial charge in [0.2, 0.25) is 6.86 Å². The van der Waals surface area contributed by atoms with Gasteiger partial charge in [0.15, 0.2) is 0 Å². The lowest BCUT2D eigenvalue weighted by molar-refractivity contribution is -0.143. The van der Waals surface area contributed by atoms with E-state index < -0.39 is 12.8 Å². The van der Waals surface area contributed by atoms with Gasteiger partial charge in [0.1, 0.15) is 0 Å². The van der Waals surface area contributed by atoms with Crippen molar-refractivity contribution in [3.63, 3.8) is 0 Å². The molecule has 2 nitrogen and oxygen atoms in total. The lowest BCUT2D eigenvalue weighted by Gasteiger charge is -2.03. The molecule has 0 aliphatic rings. The molecule has 82 valence electrons. The van der Waals surface area contributed by atoms with E-state index in [-0.39, 0.29) is 0 Å². The minimum atomic E-state index is -1.06. The van der Waals surface area contributed by atoms with Crippen LogP contribution in [-0.4, -0.2) is 12.8 Å². The maximum atomic E-state index is 11.6. The van der Waals surface area contributed by atoms with Gasteiger partial charge in [-0.05, 0) is 12.8 Å². The van der Waals surface area contributed by atoms with Crippen LogP contribution >= 0.6 is 0 Å². The molecule has 0 amide bonds. The van der Waals surface area contributed by atoms with E-state index in [0.717, 1.165) is 12.8 Å². The van der Waals surface area contributed by atoms with Crippen molar-refractivity contribution in [2.24, 2.45) is 0 Å². The van der Waals surface area contributed by atoms with Crippen LogP contribution in [0.1, 0.15) is 45.4 Å². The maximum absolute atomic E-state index is 11.6. The number of rotatable bonds is 8. The van der Waals surface area contributed by atoms with E-state index in [9.17, 15) is 9.18 Å². The van der Waals surface area contributed by atoms with Crippen molar-refractivity contribution >= 4 is 5.97 Å². The van der Waals surface area contributed by atoms with Gasteiger partial charge >= 0.3 is 5.97 Å². The third kappa shape index (κ3) is 6.63. The summed E-state index contributed by atoms with van der Waals surface area (Å²) in [6.07, 6.45) is 6.24. The number of alkyl halides is 1. The molecule has 0 radical (unpaired) electrons. The highest BCUT2D eigenvalue weighted by molar-refractivity contribution is 5.87. The third-order valence-corrected chi connectivity index (χ3v) is 2.06. The van der Waals surface area contributed by atoms with Crippen LogP contribution in [0.5, 0.6) is 0 Å². The fourth-order valence-corrected chi connectivity index (χ4v) is 1.20. The number of carbonyl (C=O) groups excluding carboxylic acids is 1. The summed E-state index contributed by atoms with van der Waals surface area (Å²) in [6, 6.07) is 0. The molecule has 14 heavy (non-hydrogen) atoms. The number of unbranched alkanes of at least 4 members (excludes halogenated alkanes) is 4. The fourth-order valence-electron chi connectivity index (χ4n) is 1.20. The Morgan fingerprint density at radius 2 is 1.93 bits per heavy atom. The molecule has 0 atom stereocenters. The second kappa shape index (κ2) is 8.73. The summed E-state index contributed by atoms with van der Waals surface area (Å²) < 4.78 is 15.8. The third-order valence-electron chi connectivity index (χ3n) is 2.06. The average Bonchev–Trinajstić information content (AvgIpc) is 2.17. The molecular formula is C11H19FO2. The van der Waals surface area contributed by atoms with Gasteiger partial charge in [0.25, 0.3) is 0 Å². The largest absolute Gasteiger partial charge is 0.430 e. The first-order chi connectivity index (χ1) is 6.72. The van der Waals surface area contributed by atoms with E-state index in [1.807, 2.05) is 0 Å². The Bertz CT molecular complexity index is 178. The quantitative estimate of drug-likeness (QED) is 0.342. The number of hydrogen-bond acceptors (Lipinski definition) is 2. The lowest BCUT2D eigenvalue weighted by Crippen LogP contribution is -2.05. The molecule has 0 heterocycles. The van der Waals surface area contributed by atoms with Crippen molar-refractivity contribution in [1.82, 2.24) is 0 Å². The van der Waals surface area contributed by atoms with Crippen molar-refractivity contribution in [3.05, 3.63) is 12.2 Å². The molecule has 0 bridgehead atoms. The first kappa shape index (κ1) is 13.1. The van der Waals surface area contributed by atoms with Gasteiger partial charge in [-0.15, -0.1) is 0 Å². The summed E-state index contributed by atoms with van der Waals surface area (Å²) in [5.74, 6) is -0.608. The zero-order valence-corrected chi connectivity index (χ0v) is 8.85. The highest BCUT2D eigenvalue weighted by Crippen LogP contribution is 2.10. The Hall–Kier alpha value is -0.860. The number of esters is 1. The molecule has 0 unspecified atom stereocenters. The van der Waals surface area contributed by atoms with Crippen LogP contribution in [0.15, 0.2) is 12.2 Å². The van der Waals surface area contributed by atoms with Gasteiger partial charge in [-0.25, -0.2) is 9.18 Å². The van der Waals surface area contributed by atoms with Gasteiger partial charge in [0.05, 0.1) is 0 Å². The van der Waals surface area contributed by atoms with Gasteiger partial charge in [0, 0.05) is 5.57 Å². The van der Waals surface area contributed by atoms with Crippen LogP contribution in [0.2, 0.25) is 0 Å². The van der Waals surface area contributed by atoms with Crippen molar-refractivity contribution < 1.29 is 13.9 Å². The summed E-state index contributed by atoms with van der Waals surface area (Å²) in [5, 5.41) is 0. The Balaban J connectivity index is 3.39. The zero-order valence-electron chi connectivity index (χ0n) is 8.85. The van der Waals surface area contributed by atoms with E-state index in [4.69, 9.17) is 0 Å². The molecule has 0 fully saturated rings. The van der Waals surface area contributed by atoms with Crippen molar-refractivity contribution in [2.75, 3.05) is 6.86 Å². The second-order valence-corrected chi connectivity index (χ2v) is 3.31. The van der Waals surface area contributed by atoms with Gasteiger partial charge < -0.3 is 4.74 Å². The van der Waals surface area contributed by atoms with Crippen LogP contribution in [-0.2, 0) is 9.53 Å². The molecule has 0 rings (SSSR count). The Labute approximate surface area is 85.1 Å². The topological polar surface area (TPSA) is 26.3 Å². The van der Waals surface area contributed by atoms with E-state index in [2.05, 4.69) is 18.2 Å². The SMILES string of the molecule is C=C(CCCCCCC)C(=O)OCF. The monoisotopic (exact) mass is 202 g/mol. The normalized spacial score (nSPS) is 9.86. The summed E-state index contributed by atoms with van der Waals surface area (Å²) in [5.41, 5.74) is 0.374. The van der Waals surface area contributed by atoms with Gasteiger partial charge in [-0.1, -0.05) is 39.2 Å².